The molecule has 28 heavy (non-hydrogen) atoms. The van der Waals surface area contributed by atoms with E-state index in [-0.39, 0.29) is 23.3 Å². The minimum absolute atomic E-state index is 0.0494. The maximum Gasteiger partial charge on any atom is 0.501 e. The van der Waals surface area contributed by atoms with Gasteiger partial charge in [-0.2, -0.15) is 13.2 Å². The maximum atomic E-state index is 14.2. The second kappa shape index (κ2) is 6.09. The molecule has 2 aliphatic carbocycles. The van der Waals surface area contributed by atoms with Gasteiger partial charge in [0.05, 0.1) is 4.90 Å². The lowest BCUT2D eigenvalue weighted by Gasteiger charge is -2.27. The summed E-state index contributed by atoms with van der Waals surface area (Å²) in [5.41, 5.74) is -7.62. The summed E-state index contributed by atoms with van der Waals surface area (Å²) in [6, 6.07) is 1.48. The first kappa shape index (κ1) is 20.9. The van der Waals surface area contributed by atoms with Gasteiger partial charge in [0.1, 0.15) is 6.10 Å². The molecular weight excluding hydrogens is 407 g/mol. The van der Waals surface area contributed by atoms with Crippen molar-refractivity contribution in [3.05, 3.63) is 34.9 Å². The van der Waals surface area contributed by atoms with Crippen molar-refractivity contribution in [1.82, 2.24) is 0 Å². The largest absolute Gasteiger partial charge is 0.501 e. The number of carbonyl (C=O) groups is 1. The Labute approximate surface area is 158 Å². The van der Waals surface area contributed by atoms with Crippen LogP contribution in [-0.4, -0.2) is 30.7 Å². The van der Waals surface area contributed by atoms with Gasteiger partial charge in [0.15, 0.2) is 5.78 Å². The third-order valence-corrected chi connectivity index (χ3v) is 6.66. The van der Waals surface area contributed by atoms with Crippen LogP contribution in [0.1, 0.15) is 49.5 Å². The Morgan fingerprint density at radius 2 is 1.79 bits per heavy atom. The van der Waals surface area contributed by atoms with Gasteiger partial charge >= 0.3 is 5.51 Å². The Morgan fingerprint density at radius 3 is 2.36 bits per heavy atom. The zero-order chi connectivity index (χ0) is 21.3. The molecule has 1 atom stereocenters. The molecule has 10 heteroatoms. The van der Waals surface area contributed by atoms with Crippen molar-refractivity contribution < 1.29 is 40.3 Å². The van der Waals surface area contributed by atoms with Crippen LogP contribution in [0.25, 0.3) is 5.57 Å². The number of aliphatic hydroxyl groups is 1. The predicted molar refractivity (Wildman–Crippen MR) is 89.3 cm³/mol. The molecular formula is C18H17F5O4S. The number of hydrogen-bond acceptors (Lipinski definition) is 4. The summed E-state index contributed by atoms with van der Waals surface area (Å²) in [6.07, 6.45) is -1.70. The Kier molecular flexibility index (Phi) is 4.55. The summed E-state index contributed by atoms with van der Waals surface area (Å²) in [7, 11) is -5.97. The number of Topliss-reactive ketones (excluding diaryl/α,β-unsaturated/α-hetero) is 1. The monoisotopic (exact) mass is 424 g/mol. The molecule has 0 unspecified atom stereocenters. The highest BCUT2D eigenvalue weighted by atomic mass is 32.2. The van der Waals surface area contributed by atoms with Crippen LogP contribution >= 0.6 is 0 Å². The van der Waals surface area contributed by atoms with Crippen molar-refractivity contribution in [3.63, 3.8) is 0 Å². The van der Waals surface area contributed by atoms with Crippen LogP contribution in [0.2, 0.25) is 0 Å². The lowest BCUT2D eigenvalue weighted by atomic mass is 9.76. The Bertz CT molecular complexity index is 990. The predicted octanol–water partition coefficient (Wildman–Crippen LogP) is 3.98. The molecule has 3 rings (SSSR count). The van der Waals surface area contributed by atoms with E-state index in [1.807, 2.05) is 13.8 Å². The van der Waals surface area contributed by atoms with Crippen LogP contribution in [0.4, 0.5) is 22.0 Å². The molecule has 4 nitrogen and oxygen atoms in total. The highest BCUT2D eigenvalue weighted by Crippen LogP contribution is 2.50. The molecule has 1 aromatic rings. The van der Waals surface area contributed by atoms with E-state index in [9.17, 15) is 40.3 Å². The van der Waals surface area contributed by atoms with Gasteiger partial charge in [-0.25, -0.2) is 17.2 Å². The van der Waals surface area contributed by atoms with Crippen LogP contribution in [0.5, 0.6) is 0 Å². The average molecular weight is 424 g/mol. The molecule has 0 spiro atoms. The number of benzene rings is 1. The van der Waals surface area contributed by atoms with E-state index in [0.29, 0.717) is 12.5 Å². The quantitative estimate of drug-likeness (QED) is 0.730. The van der Waals surface area contributed by atoms with E-state index in [1.165, 1.54) is 0 Å². The summed E-state index contributed by atoms with van der Waals surface area (Å²) in [6.45, 7) is 3.62. The number of ketones is 1. The Hall–Kier alpha value is -1.81. The number of aliphatic hydroxyl groups excluding tert-OH is 1. The fourth-order valence-electron chi connectivity index (χ4n) is 3.63. The van der Waals surface area contributed by atoms with Crippen molar-refractivity contribution in [2.45, 2.75) is 55.5 Å². The van der Waals surface area contributed by atoms with E-state index in [1.54, 1.807) is 6.08 Å². The third kappa shape index (κ3) is 3.16. The highest BCUT2D eigenvalue weighted by molar-refractivity contribution is 7.92. The summed E-state index contributed by atoms with van der Waals surface area (Å²) in [4.78, 5) is 10.9. The van der Waals surface area contributed by atoms with Gasteiger partial charge in [-0.15, -0.1) is 0 Å². The van der Waals surface area contributed by atoms with Gasteiger partial charge in [-0.1, -0.05) is 26.0 Å². The summed E-state index contributed by atoms with van der Waals surface area (Å²) in [5.74, 6) is -4.24. The topological polar surface area (TPSA) is 71.4 Å². The zero-order valence-electron chi connectivity index (χ0n) is 14.9. The van der Waals surface area contributed by atoms with E-state index in [4.69, 9.17) is 0 Å². The Balaban J connectivity index is 2.32. The first-order chi connectivity index (χ1) is 12.6. The molecule has 1 N–H and O–H groups in total. The fourth-order valence-corrected chi connectivity index (χ4v) is 4.65. The number of fused-ring (bicyclic) bond motifs is 1. The van der Waals surface area contributed by atoms with Crippen LogP contribution in [0, 0.1) is 5.41 Å². The fraction of sp³-hybridized carbons (Fsp3) is 0.500. The van der Waals surface area contributed by atoms with Crippen molar-refractivity contribution in [1.29, 1.82) is 0 Å². The molecule has 1 aromatic carbocycles. The number of alkyl halides is 5. The van der Waals surface area contributed by atoms with Gasteiger partial charge in [-0.05, 0) is 29.0 Å². The van der Waals surface area contributed by atoms with E-state index in [2.05, 4.69) is 0 Å². The van der Waals surface area contributed by atoms with Crippen LogP contribution in [-0.2, 0) is 21.1 Å². The molecule has 0 radical (unpaired) electrons. The van der Waals surface area contributed by atoms with Gasteiger partial charge < -0.3 is 5.11 Å². The second-order valence-corrected chi connectivity index (χ2v) is 9.67. The number of sulfone groups is 1. The van der Waals surface area contributed by atoms with E-state index < -0.39 is 55.2 Å². The average Bonchev–Trinajstić information content (AvgIpc) is 2.78. The number of halogens is 5. The summed E-state index contributed by atoms with van der Waals surface area (Å²) >= 11 is 0. The highest BCUT2D eigenvalue weighted by Gasteiger charge is 2.55. The van der Waals surface area contributed by atoms with Crippen LogP contribution in [0.15, 0.2) is 23.1 Å². The van der Waals surface area contributed by atoms with Crippen molar-refractivity contribution in [2.24, 2.45) is 5.41 Å². The number of carbonyl (C=O) groups excluding carboxylic acids is 1. The molecule has 0 aliphatic heterocycles. The first-order valence-electron chi connectivity index (χ1n) is 8.38. The van der Waals surface area contributed by atoms with Crippen LogP contribution < -0.4 is 0 Å². The van der Waals surface area contributed by atoms with Gasteiger partial charge in [-0.3, -0.25) is 4.79 Å². The minimum Gasteiger partial charge on any atom is -0.382 e. The Morgan fingerprint density at radius 1 is 1.18 bits per heavy atom. The number of rotatable bonds is 2. The van der Waals surface area contributed by atoms with Gasteiger partial charge in [0.2, 0.25) is 0 Å². The van der Waals surface area contributed by atoms with Gasteiger partial charge in [0, 0.05) is 24.0 Å². The first-order valence-corrected chi connectivity index (χ1v) is 9.86. The lowest BCUT2D eigenvalue weighted by molar-refractivity contribution is -0.114. The standard InChI is InChI=1S/C18H17F5O4S/c1-16(2)6-5-12(24)10(7-16)9-3-4-13(28(26,27)18(21,22)23)14-11(9)8-17(19,20)15(14)25/h3-4,7,15,25H,5-6,8H2,1-2H3/t15-/m0/s1. The molecule has 0 saturated carbocycles. The molecule has 154 valence electrons. The molecule has 0 amide bonds. The molecule has 0 saturated heterocycles. The van der Waals surface area contributed by atoms with Gasteiger partial charge in [0.25, 0.3) is 15.8 Å². The van der Waals surface area contributed by atoms with E-state index in [0.717, 1.165) is 6.07 Å². The zero-order valence-corrected chi connectivity index (χ0v) is 15.7. The molecule has 0 fully saturated rings. The maximum absolute atomic E-state index is 14.2. The second-order valence-electron chi connectivity index (χ2n) is 7.76. The number of allylic oxidation sites excluding steroid dienone is 2. The summed E-state index contributed by atoms with van der Waals surface area (Å²) in [5, 5.41) is 9.92. The van der Waals surface area contributed by atoms with Crippen molar-refractivity contribution >= 4 is 21.2 Å². The number of hydrogen-bond donors (Lipinski definition) is 1. The van der Waals surface area contributed by atoms with Crippen LogP contribution in [0.3, 0.4) is 0 Å². The molecule has 0 heterocycles. The normalized spacial score (nSPS) is 24.1. The third-order valence-electron chi connectivity index (χ3n) is 5.12. The SMILES string of the molecule is CC1(C)C=C(c2ccc(S(=O)(=O)C(F)(F)F)c3c2CC(F)(F)[C@H]3O)C(=O)CC1. The summed E-state index contributed by atoms with van der Waals surface area (Å²) < 4.78 is 91.1. The minimum atomic E-state index is -5.97. The molecule has 2 aliphatic rings. The molecule has 0 bridgehead atoms. The smallest absolute Gasteiger partial charge is 0.382 e. The molecule has 0 aromatic heterocycles. The van der Waals surface area contributed by atoms with Crippen molar-refractivity contribution in [3.8, 4) is 0 Å². The lowest BCUT2D eigenvalue weighted by Crippen LogP contribution is -2.26. The van der Waals surface area contributed by atoms with Crippen molar-refractivity contribution in [2.75, 3.05) is 0 Å². The van der Waals surface area contributed by atoms with E-state index >= 15 is 0 Å².